The van der Waals surface area contributed by atoms with E-state index in [0.29, 0.717) is 19.4 Å². The highest BCUT2D eigenvalue weighted by molar-refractivity contribution is 5.76. The van der Waals surface area contributed by atoms with Crippen molar-refractivity contribution in [2.75, 3.05) is 13.1 Å². The Kier molecular flexibility index (Phi) is 6.66. The van der Waals surface area contributed by atoms with Gasteiger partial charge in [-0.15, -0.1) is 0 Å². The molecule has 1 rings (SSSR count). The quantitative estimate of drug-likeness (QED) is 0.559. The van der Waals surface area contributed by atoms with E-state index in [1.54, 1.807) is 12.1 Å². The Labute approximate surface area is 118 Å². The van der Waals surface area contributed by atoms with Gasteiger partial charge in [0.1, 0.15) is 0 Å². The molecule has 0 radical (unpaired) electrons. The maximum absolute atomic E-state index is 11.6. The second kappa shape index (κ2) is 8.27. The van der Waals surface area contributed by atoms with Crippen LogP contribution >= 0.6 is 0 Å². The van der Waals surface area contributed by atoms with Crippen LogP contribution in [-0.2, 0) is 11.2 Å². The van der Waals surface area contributed by atoms with Gasteiger partial charge in [0.2, 0.25) is 5.91 Å². The van der Waals surface area contributed by atoms with Gasteiger partial charge in [0.25, 0.3) is 5.69 Å². The number of hydrogen-bond acceptors (Lipinski definition) is 4. The smallest absolute Gasteiger partial charge is 0.269 e. The Morgan fingerprint density at radius 3 is 2.55 bits per heavy atom. The fourth-order valence-corrected chi connectivity index (χ4v) is 1.90. The van der Waals surface area contributed by atoms with E-state index in [0.717, 1.165) is 12.1 Å². The standard InChI is InChI=1S/C14H21N3O3/c1-3-15-11(2)10-14(18)16-9-8-12-4-6-13(7-5-12)17(19)20/h4-7,11,15H,3,8-10H2,1-2H3,(H,16,18). The van der Waals surface area contributed by atoms with Crippen LogP contribution in [0.3, 0.4) is 0 Å². The van der Waals surface area contributed by atoms with Crippen molar-refractivity contribution in [3.8, 4) is 0 Å². The van der Waals surface area contributed by atoms with Gasteiger partial charge in [-0.1, -0.05) is 19.1 Å². The molecule has 110 valence electrons. The molecule has 0 aliphatic rings. The lowest BCUT2D eigenvalue weighted by atomic mass is 10.1. The highest BCUT2D eigenvalue weighted by atomic mass is 16.6. The first-order valence-corrected chi connectivity index (χ1v) is 6.76. The number of benzene rings is 1. The van der Waals surface area contributed by atoms with Gasteiger partial charge in [0, 0.05) is 31.1 Å². The Balaban J connectivity index is 2.30. The molecule has 1 unspecified atom stereocenters. The molecule has 0 fully saturated rings. The van der Waals surface area contributed by atoms with Gasteiger partial charge in [-0.3, -0.25) is 14.9 Å². The normalized spacial score (nSPS) is 11.9. The van der Waals surface area contributed by atoms with Crippen molar-refractivity contribution in [3.05, 3.63) is 39.9 Å². The molecular formula is C14H21N3O3. The van der Waals surface area contributed by atoms with Crippen LogP contribution in [0.1, 0.15) is 25.8 Å². The van der Waals surface area contributed by atoms with Gasteiger partial charge in [0.15, 0.2) is 0 Å². The predicted molar refractivity (Wildman–Crippen MR) is 77.6 cm³/mol. The average Bonchev–Trinajstić information content (AvgIpc) is 2.39. The number of rotatable bonds is 8. The number of non-ortho nitro benzene ring substituents is 1. The van der Waals surface area contributed by atoms with E-state index in [1.807, 2.05) is 13.8 Å². The molecule has 1 amide bonds. The average molecular weight is 279 g/mol. The third-order valence-electron chi connectivity index (χ3n) is 2.93. The Hall–Kier alpha value is -1.95. The molecule has 1 aromatic rings. The topological polar surface area (TPSA) is 84.3 Å². The van der Waals surface area contributed by atoms with Crippen LogP contribution in [0.15, 0.2) is 24.3 Å². The van der Waals surface area contributed by atoms with Crippen LogP contribution in [-0.4, -0.2) is 30.0 Å². The molecule has 0 spiro atoms. The second-order valence-electron chi connectivity index (χ2n) is 4.69. The summed E-state index contributed by atoms with van der Waals surface area (Å²) < 4.78 is 0. The summed E-state index contributed by atoms with van der Waals surface area (Å²) in [5.41, 5.74) is 1.05. The largest absolute Gasteiger partial charge is 0.356 e. The zero-order chi connectivity index (χ0) is 15.0. The van der Waals surface area contributed by atoms with Crippen molar-refractivity contribution in [1.29, 1.82) is 0 Å². The summed E-state index contributed by atoms with van der Waals surface area (Å²) in [6.07, 6.45) is 1.12. The minimum absolute atomic E-state index is 0.0142. The molecule has 1 atom stereocenters. The highest BCUT2D eigenvalue weighted by Gasteiger charge is 2.07. The van der Waals surface area contributed by atoms with Gasteiger partial charge in [0.05, 0.1) is 4.92 Å². The summed E-state index contributed by atoms with van der Waals surface area (Å²) >= 11 is 0. The van der Waals surface area contributed by atoms with E-state index < -0.39 is 4.92 Å². The van der Waals surface area contributed by atoms with Crippen LogP contribution in [0.25, 0.3) is 0 Å². The summed E-state index contributed by atoms with van der Waals surface area (Å²) in [6, 6.07) is 6.55. The first-order chi connectivity index (χ1) is 9.52. The molecular weight excluding hydrogens is 258 g/mol. The summed E-state index contributed by atoms with van der Waals surface area (Å²) in [5, 5.41) is 16.5. The fraction of sp³-hybridized carbons (Fsp3) is 0.500. The molecule has 0 saturated carbocycles. The van der Waals surface area contributed by atoms with Crippen molar-refractivity contribution in [3.63, 3.8) is 0 Å². The monoisotopic (exact) mass is 279 g/mol. The third kappa shape index (κ3) is 5.79. The van der Waals surface area contributed by atoms with Gasteiger partial charge in [-0.25, -0.2) is 0 Å². The maximum Gasteiger partial charge on any atom is 0.269 e. The van der Waals surface area contributed by atoms with Crippen LogP contribution < -0.4 is 10.6 Å². The fourth-order valence-electron chi connectivity index (χ4n) is 1.90. The van der Waals surface area contributed by atoms with Crippen molar-refractivity contribution in [1.82, 2.24) is 10.6 Å². The number of nitro groups is 1. The van der Waals surface area contributed by atoms with Crippen molar-refractivity contribution >= 4 is 11.6 Å². The molecule has 6 nitrogen and oxygen atoms in total. The number of carbonyl (C=O) groups excluding carboxylic acids is 1. The lowest BCUT2D eigenvalue weighted by Gasteiger charge is -2.12. The molecule has 2 N–H and O–H groups in total. The third-order valence-corrected chi connectivity index (χ3v) is 2.93. The summed E-state index contributed by atoms with van der Waals surface area (Å²) in [5.74, 6) is 0.0142. The Bertz CT molecular complexity index is 445. The Morgan fingerprint density at radius 1 is 1.35 bits per heavy atom. The number of hydrogen-bond donors (Lipinski definition) is 2. The van der Waals surface area contributed by atoms with Crippen LogP contribution in [0.2, 0.25) is 0 Å². The van der Waals surface area contributed by atoms with Crippen molar-refractivity contribution < 1.29 is 9.72 Å². The van der Waals surface area contributed by atoms with Crippen molar-refractivity contribution in [2.45, 2.75) is 32.7 Å². The molecule has 0 bridgehead atoms. The molecule has 0 saturated heterocycles. The predicted octanol–water partition coefficient (Wildman–Crippen LogP) is 1.64. The highest BCUT2D eigenvalue weighted by Crippen LogP contribution is 2.11. The van der Waals surface area contributed by atoms with Gasteiger partial charge >= 0.3 is 0 Å². The minimum Gasteiger partial charge on any atom is -0.356 e. The summed E-state index contributed by atoms with van der Waals surface area (Å²) in [6.45, 7) is 5.36. The van der Waals surface area contributed by atoms with Gasteiger partial charge in [-0.05, 0) is 25.5 Å². The van der Waals surface area contributed by atoms with E-state index in [-0.39, 0.29) is 17.6 Å². The van der Waals surface area contributed by atoms with Crippen LogP contribution in [0.5, 0.6) is 0 Å². The number of nitrogens with zero attached hydrogens (tertiary/aromatic N) is 1. The lowest BCUT2D eigenvalue weighted by Crippen LogP contribution is -2.34. The van der Waals surface area contributed by atoms with Crippen LogP contribution in [0.4, 0.5) is 5.69 Å². The van der Waals surface area contributed by atoms with E-state index in [1.165, 1.54) is 12.1 Å². The molecule has 1 aromatic carbocycles. The maximum atomic E-state index is 11.6. The molecule has 0 aliphatic heterocycles. The van der Waals surface area contributed by atoms with E-state index in [9.17, 15) is 14.9 Å². The van der Waals surface area contributed by atoms with Gasteiger partial charge in [-0.2, -0.15) is 0 Å². The minimum atomic E-state index is -0.423. The zero-order valence-corrected chi connectivity index (χ0v) is 11.9. The first kappa shape index (κ1) is 16.1. The summed E-state index contributed by atoms with van der Waals surface area (Å²) in [4.78, 5) is 21.7. The van der Waals surface area contributed by atoms with E-state index in [4.69, 9.17) is 0 Å². The molecule has 0 heterocycles. The number of nitrogens with one attached hydrogen (secondary N) is 2. The lowest BCUT2D eigenvalue weighted by molar-refractivity contribution is -0.384. The van der Waals surface area contributed by atoms with E-state index in [2.05, 4.69) is 10.6 Å². The molecule has 20 heavy (non-hydrogen) atoms. The molecule has 0 aliphatic carbocycles. The second-order valence-corrected chi connectivity index (χ2v) is 4.69. The SMILES string of the molecule is CCNC(C)CC(=O)NCCc1ccc([N+](=O)[O-])cc1. The number of amides is 1. The number of carbonyl (C=O) groups is 1. The zero-order valence-electron chi connectivity index (χ0n) is 11.9. The molecule has 0 aromatic heterocycles. The number of nitro benzene ring substituents is 1. The first-order valence-electron chi connectivity index (χ1n) is 6.76. The summed E-state index contributed by atoms with van der Waals surface area (Å²) in [7, 11) is 0. The van der Waals surface area contributed by atoms with Gasteiger partial charge < -0.3 is 10.6 Å². The van der Waals surface area contributed by atoms with Crippen LogP contribution in [0, 0.1) is 10.1 Å². The van der Waals surface area contributed by atoms with Crippen molar-refractivity contribution in [2.24, 2.45) is 0 Å². The van der Waals surface area contributed by atoms with E-state index >= 15 is 0 Å². The molecule has 6 heteroatoms. The Morgan fingerprint density at radius 2 is 2.00 bits per heavy atom.